The average molecular weight is 341 g/mol. The number of methoxy groups -OCH3 is 1. The van der Waals surface area contributed by atoms with Gasteiger partial charge in [0.2, 0.25) is 5.91 Å². The standard InChI is InChI=1S/C18H28N2O2.ClH/c1-14(19)3-8-18(21)20-11-9-16(10-12-20)13-15-4-6-17(22-2)7-5-15;/h4-7,14,16H,3,8-13,19H2,1-2H3;1H. The monoisotopic (exact) mass is 340 g/mol. The molecule has 1 amide bonds. The highest BCUT2D eigenvalue weighted by Gasteiger charge is 2.22. The summed E-state index contributed by atoms with van der Waals surface area (Å²) >= 11 is 0. The molecule has 0 bridgehead atoms. The molecule has 0 saturated carbocycles. The fourth-order valence-electron chi connectivity index (χ4n) is 2.99. The zero-order valence-corrected chi connectivity index (χ0v) is 15.0. The van der Waals surface area contributed by atoms with E-state index < -0.39 is 0 Å². The molecule has 1 atom stereocenters. The van der Waals surface area contributed by atoms with E-state index in [9.17, 15) is 4.79 Å². The number of hydrogen-bond acceptors (Lipinski definition) is 3. The Morgan fingerprint density at radius 2 is 1.91 bits per heavy atom. The lowest BCUT2D eigenvalue weighted by atomic mass is 9.90. The maximum atomic E-state index is 12.1. The van der Waals surface area contributed by atoms with Gasteiger partial charge in [-0.25, -0.2) is 0 Å². The Morgan fingerprint density at radius 1 is 1.30 bits per heavy atom. The van der Waals surface area contributed by atoms with Crippen LogP contribution in [-0.4, -0.2) is 37.0 Å². The molecular formula is C18H29ClN2O2. The van der Waals surface area contributed by atoms with Gasteiger partial charge in [0.05, 0.1) is 7.11 Å². The summed E-state index contributed by atoms with van der Waals surface area (Å²) in [7, 11) is 1.69. The van der Waals surface area contributed by atoms with Crippen LogP contribution in [0.25, 0.3) is 0 Å². The number of carbonyl (C=O) groups is 1. The molecule has 0 spiro atoms. The minimum absolute atomic E-state index is 0. The molecule has 0 aromatic heterocycles. The van der Waals surface area contributed by atoms with Crippen molar-refractivity contribution in [2.75, 3.05) is 20.2 Å². The minimum Gasteiger partial charge on any atom is -0.497 e. The third-order valence-corrected chi connectivity index (χ3v) is 4.46. The van der Waals surface area contributed by atoms with Gasteiger partial charge in [0.25, 0.3) is 0 Å². The Labute approximate surface area is 145 Å². The molecular weight excluding hydrogens is 312 g/mol. The molecule has 1 saturated heterocycles. The Hall–Kier alpha value is -1.26. The molecule has 1 unspecified atom stereocenters. The second-order valence-electron chi connectivity index (χ2n) is 6.39. The van der Waals surface area contributed by atoms with Crippen LogP contribution in [0.5, 0.6) is 5.75 Å². The van der Waals surface area contributed by atoms with Crippen molar-refractivity contribution < 1.29 is 9.53 Å². The van der Waals surface area contributed by atoms with E-state index in [-0.39, 0.29) is 24.4 Å². The van der Waals surface area contributed by atoms with Gasteiger partial charge < -0.3 is 15.4 Å². The smallest absolute Gasteiger partial charge is 0.222 e. The second-order valence-corrected chi connectivity index (χ2v) is 6.39. The number of halogens is 1. The van der Waals surface area contributed by atoms with Crippen molar-refractivity contribution in [1.29, 1.82) is 0 Å². The van der Waals surface area contributed by atoms with Crippen LogP contribution < -0.4 is 10.5 Å². The molecule has 0 aliphatic carbocycles. The lowest BCUT2D eigenvalue weighted by Gasteiger charge is -2.32. The number of hydrogen-bond donors (Lipinski definition) is 1. The SMILES string of the molecule is COc1ccc(CC2CCN(C(=O)CCC(C)N)CC2)cc1.Cl. The fraction of sp³-hybridized carbons (Fsp3) is 0.611. The molecule has 1 fully saturated rings. The summed E-state index contributed by atoms with van der Waals surface area (Å²) in [6.45, 7) is 3.73. The van der Waals surface area contributed by atoms with E-state index in [1.807, 2.05) is 24.0 Å². The first-order chi connectivity index (χ1) is 10.6. The molecule has 1 heterocycles. The predicted octanol–water partition coefficient (Wildman–Crippen LogP) is 3.03. The van der Waals surface area contributed by atoms with Crippen molar-refractivity contribution in [3.8, 4) is 5.75 Å². The number of carbonyl (C=O) groups excluding carboxylic acids is 1. The van der Waals surface area contributed by atoms with Crippen molar-refractivity contribution in [2.24, 2.45) is 11.7 Å². The van der Waals surface area contributed by atoms with Crippen LogP contribution in [0.2, 0.25) is 0 Å². The van der Waals surface area contributed by atoms with E-state index in [4.69, 9.17) is 10.5 Å². The van der Waals surface area contributed by atoms with Crippen LogP contribution in [0.1, 0.15) is 38.2 Å². The number of amides is 1. The highest BCUT2D eigenvalue weighted by Crippen LogP contribution is 2.23. The molecule has 4 nitrogen and oxygen atoms in total. The number of nitrogens with zero attached hydrogens (tertiary/aromatic N) is 1. The summed E-state index contributed by atoms with van der Waals surface area (Å²) in [4.78, 5) is 14.1. The summed E-state index contributed by atoms with van der Waals surface area (Å²) in [5.41, 5.74) is 7.07. The summed E-state index contributed by atoms with van der Waals surface area (Å²) in [6, 6.07) is 8.42. The van der Waals surface area contributed by atoms with Crippen molar-refractivity contribution in [3.63, 3.8) is 0 Å². The van der Waals surface area contributed by atoms with Gasteiger partial charge in [-0.3, -0.25) is 4.79 Å². The third kappa shape index (κ3) is 6.40. The number of ether oxygens (including phenoxy) is 1. The number of rotatable bonds is 6. The Kier molecular flexibility index (Phi) is 8.42. The number of piperidine rings is 1. The van der Waals surface area contributed by atoms with Crippen LogP contribution in [0.3, 0.4) is 0 Å². The molecule has 0 radical (unpaired) electrons. The van der Waals surface area contributed by atoms with Crippen molar-refractivity contribution in [1.82, 2.24) is 4.90 Å². The molecule has 2 rings (SSSR count). The highest BCUT2D eigenvalue weighted by atomic mass is 35.5. The van der Waals surface area contributed by atoms with E-state index >= 15 is 0 Å². The lowest BCUT2D eigenvalue weighted by molar-refractivity contribution is -0.132. The fourth-order valence-corrected chi connectivity index (χ4v) is 2.99. The van der Waals surface area contributed by atoms with Crippen molar-refractivity contribution >= 4 is 18.3 Å². The zero-order valence-electron chi connectivity index (χ0n) is 14.2. The van der Waals surface area contributed by atoms with Crippen LogP contribution in [0.4, 0.5) is 0 Å². The van der Waals surface area contributed by atoms with Gasteiger partial charge in [-0.1, -0.05) is 12.1 Å². The van der Waals surface area contributed by atoms with Crippen molar-refractivity contribution in [2.45, 2.75) is 45.1 Å². The summed E-state index contributed by atoms with van der Waals surface area (Å²) in [5.74, 6) is 1.84. The Balaban J connectivity index is 0.00000264. The van der Waals surface area contributed by atoms with Gasteiger partial charge in [0.1, 0.15) is 5.75 Å². The number of likely N-dealkylation sites (tertiary alicyclic amines) is 1. The predicted molar refractivity (Wildman–Crippen MR) is 96.1 cm³/mol. The van der Waals surface area contributed by atoms with E-state index in [1.54, 1.807) is 7.11 Å². The topological polar surface area (TPSA) is 55.6 Å². The van der Waals surface area contributed by atoms with Gasteiger partial charge in [0.15, 0.2) is 0 Å². The van der Waals surface area contributed by atoms with Gasteiger partial charge in [-0.15, -0.1) is 12.4 Å². The zero-order chi connectivity index (χ0) is 15.9. The minimum atomic E-state index is 0. The lowest BCUT2D eigenvalue weighted by Crippen LogP contribution is -2.39. The van der Waals surface area contributed by atoms with E-state index in [1.165, 1.54) is 5.56 Å². The van der Waals surface area contributed by atoms with Gasteiger partial charge in [-0.05, 0) is 56.2 Å². The van der Waals surface area contributed by atoms with E-state index in [2.05, 4.69) is 12.1 Å². The maximum absolute atomic E-state index is 12.1. The highest BCUT2D eigenvalue weighted by molar-refractivity contribution is 5.85. The summed E-state index contributed by atoms with van der Waals surface area (Å²) in [5, 5.41) is 0. The van der Waals surface area contributed by atoms with Gasteiger partial charge >= 0.3 is 0 Å². The van der Waals surface area contributed by atoms with Crippen LogP contribution in [0.15, 0.2) is 24.3 Å². The van der Waals surface area contributed by atoms with Crippen LogP contribution in [0, 0.1) is 5.92 Å². The third-order valence-electron chi connectivity index (χ3n) is 4.46. The molecule has 2 N–H and O–H groups in total. The normalized spacial score (nSPS) is 16.6. The van der Waals surface area contributed by atoms with Gasteiger partial charge in [0, 0.05) is 25.6 Å². The second kappa shape index (κ2) is 9.78. The first kappa shape index (κ1) is 19.8. The Morgan fingerprint density at radius 3 is 2.43 bits per heavy atom. The molecule has 1 aliphatic rings. The van der Waals surface area contributed by atoms with E-state index in [0.29, 0.717) is 12.3 Å². The number of nitrogens with two attached hydrogens (primary N) is 1. The quantitative estimate of drug-likeness (QED) is 0.866. The molecule has 5 heteroatoms. The first-order valence-electron chi connectivity index (χ1n) is 8.24. The van der Waals surface area contributed by atoms with Gasteiger partial charge in [-0.2, -0.15) is 0 Å². The van der Waals surface area contributed by atoms with E-state index in [0.717, 1.165) is 44.5 Å². The number of benzene rings is 1. The molecule has 1 aromatic carbocycles. The molecule has 1 aromatic rings. The first-order valence-corrected chi connectivity index (χ1v) is 8.24. The Bertz CT molecular complexity index is 468. The summed E-state index contributed by atoms with van der Waals surface area (Å²) < 4.78 is 5.19. The largest absolute Gasteiger partial charge is 0.497 e. The molecule has 23 heavy (non-hydrogen) atoms. The van der Waals surface area contributed by atoms with Crippen LogP contribution in [-0.2, 0) is 11.2 Å². The summed E-state index contributed by atoms with van der Waals surface area (Å²) in [6.07, 6.45) is 4.64. The molecule has 1 aliphatic heterocycles. The maximum Gasteiger partial charge on any atom is 0.222 e. The van der Waals surface area contributed by atoms with Crippen LogP contribution >= 0.6 is 12.4 Å². The van der Waals surface area contributed by atoms with Crippen molar-refractivity contribution in [3.05, 3.63) is 29.8 Å². The molecule has 130 valence electrons. The average Bonchev–Trinajstić information content (AvgIpc) is 2.54.